The van der Waals surface area contributed by atoms with E-state index < -0.39 is 17.6 Å². The first-order valence-electron chi connectivity index (χ1n) is 9.19. The standard InChI is InChI=1S/C19H24F3N5O2/c1-11(2)17-14(18(29)23-8-7-16(28)26-12(3)4)10-25-27(17)15-6-5-13(9-24-15)19(20,21)22/h5-6,9-12H,7-8H2,1-4H3,(H,23,29)(H,26,28). The lowest BCUT2D eigenvalue weighted by molar-refractivity contribution is -0.137. The van der Waals surface area contributed by atoms with Gasteiger partial charge >= 0.3 is 6.18 Å². The van der Waals surface area contributed by atoms with E-state index >= 15 is 0 Å². The van der Waals surface area contributed by atoms with Gasteiger partial charge in [-0.1, -0.05) is 13.8 Å². The fraction of sp³-hybridized carbons (Fsp3) is 0.474. The van der Waals surface area contributed by atoms with Crippen molar-refractivity contribution in [3.8, 4) is 5.82 Å². The monoisotopic (exact) mass is 411 g/mol. The molecule has 0 saturated carbocycles. The highest BCUT2D eigenvalue weighted by atomic mass is 19.4. The van der Waals surface area contributed by atoms with Crippen LogP contribution in [0.25, 0.3) is 5.82 Å². The number of aromatic nitrogens is 3. The van der Waals surface area contributed by atoms with E-state index in [1.165, 1.54) is 16.9 Å². The molecule has 7 nitrogen and oxygen atoms in total. The van der Waals surface area contributed by atoms with Crippen molar-refractivity contribution in [3.05, 3.63) is 41.3 Å². The van der Waals surface area contributed by atoms with Gasteiger partial charge in [-0.05, 0) is 31.9 Å². The van der Waals surface area contributed by atoms with E-state index in [9.17, 15) is 22.8 Å². The normalized spacial score (nSPS) is 11.8. The maximum Gasteiger partial charge on any atom is 0.417 e. The number of alkyl halides is 3. The van der Waals surface area contributed by atoms with Gasteiger partial charge in [0.1, 0.15) is 0 Å². The molecule has 0 aliphatic heterocycles. The number of amides is 2. The lowest BCUT2D eigenvalue weighted by Crippen LogP contribution is -2.34. The second-order valence-electron chi connectivity index (χ2n) is 7.14. The fourth-order valence-corrected chi connectivity index (χ4v) is 2.73. The number of pyridine rings is 1. The summed E-state index contributed by atoms with van der Waals surface area (Å²) in [4.78, 5) is 28.0. The smallest absolute Gasteiger partial charge is 0.354 e. The molecule has 0 saturated heterocycles. The Labute approximate surface area is 166 Å². The third-order valence-electron chi connectivity index (χ3n) is 3.98. The molecule has 0 fully saturated rings. The average Bonchev–Trinajstić information content (AvgIpc) is 3.05. The summed E-state index contributed by atoms with van der Waals surface area (Å²) in [6.45, 7) is 7.51. The van der Waals surface area contributed by atoms with Crippen molar-refractivity contribution in [2.45, 2.75) is 52.3 Å². The summed E-state index contributed by atoms with van der Waals surface area (Å²) in [5.74, 6) is -0.554. The molecule has 2 amide bonds. The summed E-state index contributed by atoms with van der Waals surface area (Å²) in [7, 11) is 0. The molecule has 0 unspecified atom stereocenters. The van der Waals surface area contributed by atoms with Crippen LogP contribution < -0.4 is 10.6 Å². The Kier molecular flexibility index (Phi) is 6.99. The highest BCUT2D eigenvalue weighted by molar-refractivity contribution is 5.95. The Hall–Kier alpha value is -2.91. The molecule has 0 aliphatic rings. The molecular formula is C19H24F3N5O2. The molecule has 2 aromatic rings. The summed E-state index contributed by atoms with van der Waals surface area (Å²) in [5, 5.41) is 9.54. The van der Waals surface area contributed by atoms with Crippen LogP contribution in [0.1, 0.15) is 61.6 Å². The van der Waals surface area contributed by atoms with Crippen molar-refractivity contribution in [2.24, 2.45) is 0 Å². The van der Waals surface area contributed by atoms with Crippen LogP contribution in [0, 0.1) is 0 Å². The highest BCUT2D eigenvalue weighted by Crippen LogP contribution is 2.29. The second kappa shape index (κ2) is 9.06. The molecule has 2 heterocycles. The Bertz CT molecular complexity index is 858. The van der Waals surface area contributed by atoms with Crippen LogP contribution >= 0.6 is 0 Å². The number of nitrogens with one attached hydrogen (secondary N) is 2. The molecule has 0 radical (unpaired) electrons. The lowest BCUT2D eigenvalue weighted by Gasteiger charge is -2.13. The minimum atomic E-state index is -4.48. The number of nitrogens with zero attached hydrogens (tertiary/aromatic N) is 3. The van der Waals surface area contributed by atoms with Crippen LogP contribution in [-0.4, -0.2) is 39.2 Å². The Morgan fingerprint density at radius 3 is 2.34 bits per heavy atom. The molecule has 0 aromatic carbocycles. The minimum absolute atomic E-state index is 0.0141. The molecule has 10 heteroatoms. The van der Waals surface area contributed by atoms with Gasteiger partial charge in [0.05, 0.1) is 23.0 Å². The number of hydrogen-bond acceptors (Lipinski definition) is 4. The van der Waals surface area contributed by atoms with Crippen molar-refractivity contribution in [1.29, 1.82) is 0 Å². The zero-order chi connectivity index (χ0) is 21.8. The maximum atomic E-state index is 12.7. The summed E-state index contributed by atoms with van der Waals surface area (Å²) in [5.41, 5.74) is -0.0653. The highest BCUT2D eigenvalue weighted by Gasteiger charge is 2.31. The summed E-state index contributed by atoms with van der Waals surface area (Å²) < 4.78 is 39.6. The fourth-order valence-electron chi connectivity index (χ4n) is 2.73. The predicted molar refractivity (Wildman–Crippen MR) is 101 cm³/mol. The van der Waals surface area contributed by atoms with Crippen molar-refractivity contribution in [1.82, 2.24) is 25.4 Å². The number of carbonyl (C=O) groups is 2. The SMILES string of the molecule is CC(C)NC(=O)CCNC(=O)c1cnn(-c2ccc(C(F)(F)F)cn2)c1C(C)C. The first-order valence-corrected chi connectivity index (χ1v) is 9.19. The molecule has 0 bridgehead atoms. The molecule has 29 heavy (non-hydrogen) atoms. The average molecular weight is 411 g/mol. The molecular weight excluding hydrogens is 387 g/mol. The second-order valence-corrected chi connectivity index (χ2v) is 7.14. The van der Waals surface area contributed by atoms with Gasteiger partial charge in [0.2, 0.25) is 5.91 Å². The Morgan fingerprint density at radius 1 is 1.14 bits per heavy atom. The van der Waals surface area contributed by atoms with Crippen molar-refractivity contribution < 1.29 is 22.8 Å². The van der Waals surface area contributed by atoms with E-state index in [2.05, 4.69) is 20.7 Å². The van der Waals surface area contributed by atoms with Gasteiger partial charge in [-0.3, -0.25) is 9.59 Å². The number of rotatable bonds is 7. The quantitative estimate of drug-likeness (QED) is 0.733. The van der Waals surface area contributed by atoms with Gasteiger partial charge in [-0.25, -0.2) is 9.67 Å². The van der Waals surface area contributed by atoms with Gasteiger partial charge in [0, 0.05) is 25.2 Å². The van der Waals surface area contributed by atoms with E-state index in [0.717, 1.165) is 12.3 Å². The molecule has 0 aliphatic carbocycles. The first kappa shape index (κ1) is 22.4. The first-order chi connectivity index (χ1) is 13.5. The van der Waals surface area contributed by atoms with Crippen LogP contribution in [-0.2, 0) is 11.0 Å². The molecule has 2 aromatic heterocycles. The molecule has 0 atom stereocenters. The number of hydrogen-bond donors (Lipinski definition) is 2. The van der Waals surface area contributed by atoms with Crippen LogP contribution in [0.4, 0.5) is 13.2 Å². The van der Waals surface area contributed by atoms with Crippen LogP contribution in [0.15, 0.2) is 24.5 Å². The Morgan fingerprint density at radius 2 is 1.83 bits per heavy atom. The summed E-state index contributed by atoms with van der Waals surface area (Å²) in [6.07, 6.45) is -2.27. The summed E-state index contributed by atoms with van der Waals surface area (Å²) in [6, 6.07) is 2.14. The van der Waals surface area contributed by atoms with Crippen molar-refractivity contribution >= 4 is 11.8 Å². The van der Waals surface area contributed by atoms with Crippen molar-refractivity contribution in [2.75, 3.05) is 6.54 Å². The number of halogens is 3. The van der Waals surface area contributed by atoms with Crippen LogP contribution in [0.3, 0.4) is 0 Å². The largest absolute Gasteiger partial charge is 0.417 e. The third-order valence-corrected chi connectivity index (χ3v) is 3.98. The van der Waals surface area contributed by atoms with E-state index in [1.807, 2.05) is 27.7 Å². The van der Waals surface area contributed by atoms with Crippen LogP contribution in [0.5, 0.6) is 0 Å². The molecule has 158 valence electrons. The molecule has 2 rings (SSSR count). The van der Waals surface area contributed by atoms with Gasteiger partial charge in [-0.2, -0.15) is 18.3 Å². The Balaban J connectivity index is 2.18. The molecule has 2 N–H and O–H groups in total. The minimum Gasteiger partial charge on any atom is -0.354 e. The van der Waals surface area contributed by atoms with Gasteiger partial charge in [-0.15, -0.1) is 0 Å². The van der Waals surface area contributed by atoms with E-state index in [4.69, 9.17) is 0 Å². The van der Waals surface area contributed by atoms with Crippen LogP contribution in [0.2, 0.25) is 0 Å². The zero-order valence-corrected chi connectivity index (χ0v) is 16.7. The van der Waals surface area contributed by atoms with Gasteiger partial charge in [0.15, 0.2) is 5.82 Å². The van der Waals surface area contributed by atoms with E-state index in [-0.39, 0.29) is 42.2 Å². The van der Waals surface area contributed by atoms with E-state index in [1.54, 1.807) is 0 Å². The summed E-state index contributed by atoms with van der Waals surface area (Å²) >= 11 is 0. The molecule has 0 spiro atoms. The van der Waals surface area contributed by atoms with Crippen molar-refractivity contribution in [3.63, 3.8) is 0 Å². The van der Waals surface area contributed by atoms with Gasteiger partial charge in [0.25, 0.3) is 5.91 Å². The predicted octanol–water partition coefficient (Wildman–Crippen LogP) is 3.05. The number of carbonyl (C=O) groups excluding carboxylic acids is 2. The van der Waals surface area contributed by atoms with Gasteiger partial charge < -0.3 is 10.6 Å². The van der Waals surface area contributed by atoms with E-state index in [0.29, 0.717) is 5.69 Å². The zero-order valence-electron chi connectivity index (χ0n) is 16.7. The topological polar surface area (TPSA) is 88.9 Å². The lowest BCUT2D eigenvalue weighted by atomic mass is 10.1. The maximum absolute atomic E-state index is 12.7. The third kappa shape index (κ3) is 5.78.